The van der Waals surface area contributed by atoms with E-state index in [9.17, 15) is 14.4 Å². The summed E-state index contributed by atoms with van der Waals surface area (Å²) < 4.78 is 0. The van der Waals surface area contributed by atoms with Crippen LogP contribution < -0.4 is 0 Å². The molecule has 0 radical (unpaired) electrons. The molecule has 0 aromatic heterocycles. The van der Waals surface area contributed by atoms with Crippen LogP contribution in [0.15, 0.2) is 18.2 Å². The molecule has 1 rings (SSSR count). The van der Waals surface area contributed by atoms with Crippen molar-refractivity contribution in [3.63, 3.8) is 0 Å². The quantitative estimate of drug-likeness (QED) is 0.818. The molecule has 1 aromatic carbocycles. The van der Waals surface area contributed by atoms with Gasteiger partial charge in [0.15, 0.2) is 5.78 Å². The van der Waals surface area contributed by atoms with E-state index < -0.39 is 5.97 Å². The number of hydrogen-bond acceptors (Lipinski definition) is 3. The monoisotopic (exact) mass is 291 g/mol. The first-order valence-electron chi connectivity index (χ1n) is 6.96. The Morgan fingerprint density at radius 2 is 1.62 bits per heavy atom. The number of nitrogens with zero attached hydrogens (tertiary/aromatic N) is 1. The van der Waals surface area contributed by atoms with Crippen molar-refractivity contribution in [2.75, 3.05) is 13.6 Å². The molecule has 0 fully saturated rings. The van der Waals surface area contributed by atoms with Crippen molar-refractivity contribution in [2.24, 2.45) is 5.92 Å². The van der Waals surface area contributed by atoms with E-state index in [2.05, 4.69) is 0 Å². The van der Waals surface area contributed by atoms with Gasteiger partial charge in [0.2, 0.25) is 0 Å². The van der Waals surface area contributed by atoms with Crippen LogP contribution in [0, 0.1) is 5.92 Å². The van der Waals surface area contributed by atoms with Crippen LogP contribution in [-0.2, 0) is 0 Å². The van der Waals surface area contributed by atoms with Crippen molar-refractivity contribution in [3.8, 4) is 0 Å². The predicted octanol–water partition coefficient (Wildman–Crippen LogP) is 2.71. The summed E-state index contributed by atoms with van der Waals surface area (Å²) in [6, 6.07) is 4.11. The molecule has 5 heteroatoms. The van der Waals surface area contributed by atoms with Gasteiger partial charge in [0, 0.05) is 30.6 Å². The van der Waals surface area contributed by atoms with Crippen LogP contribution in [0.3, 0.4) is 0 Å². The third-order valence-corrected chi connectivity index (χ3v) is 3.14. The number of Topliss-reactive ketones (excluding diaryl/α,β-unsaturated/α-hetero) is 1. The lowest BCUT2D eigenvalue weighted by atomic mass is 9.96. The topological polar surface area (TPSA) is 74.7 Å². The van der Waals surface area contributed by atoms with Gasteiger partial charge < -0.3 is 10.0 Å². The SMILES string of the molecule is CCCN(C)C(=O)c1cc(C(=O)O)cc(C(=O)C(C)C)c1. The van der Waals surface area contributed by atoms with Crippen LogP contribution >= 0.6 is 0 Å². The number of rotatable bonds is 6. The standard InChI is InChI=1S/C16H21NO4/c1-5-6-17(4)15(19)12-7-11(14(18)10(2)3)8-13(9-12)16(20)21/h7-10H,5-6H2,1-4H3,(H,20,21). The highest BCUT2D eigenvalue weighted by Gasteiger charge is 2.19. The number of carbonyl (C=O) groups is 3. The number of amides is 1. The Bertz CT molecular complexity index is 563. The summed E-state index contributed by atoms with van der Waals surface area (Å²) in [7, 11) is 1.66. The lowest BCUT2D eigenvalue weighted by Crippen LogP contribution is -2.28. The van der Waals surface area contributed by atoms with Crippen LogP contribution in [0.2, 0.25) is 0 Å². The number of carboxylic acid groups (broad SMARTS) is 1. The van der Waals surface area contributed by atoms with E-state index in [0.717, 1.165) is 6.42 Å². The Kier molecular flexibility index (Phi) is 5.64. The maximum Gasteiger partial charge on any atom is 0.335 e. The van der Waals surface area contributed by atoms with Gasteiger partial charge in [0.1, 0.15) is 0 Å². The van der Waals surface area contributed by atoms with E-state index >= 15 is 0 Å². The molecule has 0 aliphatic rings. The largest absolute Gasteiger partial charge is 0.478 e. The Morgan fingerprint density at radius 3 is 2.10 bits per heavy atom. The molecule has 0 aliphatic heterocycles. The van der Waals surface area contributed by atoms with Gasteiger partial charge in [-0.15, -0.1) is 0 Å². The van der Waals surface area contributed by atoms with E-state index in [1.165, 1.54) is 23.1 Å². The van der Waals surface area contributed by atoms with E-state index in [-0.39, 0.29) is 34.3 Å². The van der Waals surface area contributed by atoms with Gasteiger partial charge in [-0.25, -0.2) is 4.79 Å². The van der Waals surface area contributed by atoms with Crippen molar-refractivity contribution in [2.45, 2.75) is 27.2 Å². The molecule has 1 N–H and O–H groups in total. The Hall–Kier alpha value is -2.17. The van der Waals surface area contributed by atoms with Crippen LogP contribution in [0.4, 0.5) is 0 Å². The molecule has 1 amide bonds. The first-order valence-corrected chi connectivity index (χ1v) is 6.96. The molecule has 114 valence electrons. The Morgan fingerprint density at radius 1 is 1.10 bits per heavy atom. The average molecular weight is 291 g/mol. The summed E-state index contributed by atoms with van der Waals surface area (Å²) in [6.07, 6.45) is 0.804. The summed E-state index contributed by atoms with van der Waals surface area (Å²) in [4.78, 5) is 37.0. The molecule has 0 saturated heterocycles. The molecular weight excluding hydrogens is 270 g/mol. The molecule has 0 atom stereocenters. The number of ketones is 1. The van der Waals surface area contributed by atoms with Crippen molar-refractivity contribution < 1.29 is 19.5 Å². The molecule has 0 saturated carbocycles. The fraction of sp³-hybridized carbons (Fsp3) is 0.438. The average Bonchev–Trinajstić information content (AvgIpc) is 2.45. The molecule has 0 spiro atoms. The van der Waals surface area contributed by atoms with Crippen LogP contribution in [0.1, 0.15) is 58.3 Å². The number of carbonyl (C=O) groups excluding carboxylic acids is 2. The number of carboxylic acids is 1. The Balaban J connectivity index is 3.29. The molecule has 0 heterocycles. The summed E-state index contributed by atoms with van der Waals surface area (Å²) in [5.41, 5.74) is 0.447. The summed E-state index contributed by atoms with van der Waals surface area (Å²) >= 11 is 0. The summed E-state index contributed by atoms with van der Waals surface area (Å²) in [5, 5.41) is 9.14. The molecule has 0 unspecified atom stereocenters. The number of aromatic carboxylic acids is 1. The van der Waals surface area contributed by atoms with Gasteiger partial charge in [0.05, 0.1) is 5.56 Å². The van der Waals surface area contributed by atoms with Crippen molar-refractivity contribution >= 4 is 17.7 Å². The van der Waals surface area contributed by atoms with E-state index in [1.807, 2.05) is 6.92 Å². The first-order chi connectivity index (χ1) is 9.77. The minimum absolute atomic E-state index is 0.0465. The zero-order valence-corrected chi connectivity index (χ0v) is 12.8. The fourth-order valence-electron chi connectivity index (χ4n) is 2.01. The second-order valence-electron chi connectivity index (χ2n) is 5.35. The molecule has 21 heavy (non-hydrogen) atoms. The number of benzene rings is 1. The second kappa shape index (κ2) is 7.02. The zero-order valence-electron chi connectivity index (χ0n) is 12.8. The maximum atomic E-state index is 12.3. The highest BCUT2D eigenvalue weighted by molar-refractivity contribution is 6.04. The van der Waals surface area contributed by atoms with Gasteiger partial charge >= 0.3 is 5.97 Å². The van der Waals surface area contributed by atoms with Crippen LogP contribution in [0.5, 0.6) is 0 Å². The van der Waals surface area contributed by atoms with Gasteiger partial charge in [-0.3, -0.25) is 9.59 Å². The number of hydrogen-bond donors (Lipinski definition) is 1. The third kappa shape index (κ3) is 4.15. The smallest absolute Gasteiger partial charge is 0.335 e. The van der Waals surface area contributed by atoms with Crippen molar-refractivity contribution in [3.05, 3.63) is 34.9 Å². The van der Waals surface area contributed by atoms with Gasteiger partial charge in [-0.2, -0.15) is 0 Å². The minimum Gasteiger partial charge on any atom is -0.478 e. The normalized spacial score (nSPS) is 10.5. The lowest BCUT2D eigenvalue weighted by molar-refractivity contribution is 0.0697. The van der Waals surface area contributed by atoms with Gasteiger partial charge in [-0.05, 0) is 24.6 Å². The third-order valence-electron chi connectivity index (χ3n) is 3.14. The van der Waals surface area contributed by atoms with Crippen molar-refractivity contribution in [1.82, 2.24) is 4.90 Å². The highest BCUT2D eigenvalue weighted by Crippen LogP contribution is 2.16. The van der Waals surface area contributed by atoms with E-state index in [0.29, 0.717) is 6.54 Å². The minimum atomic E-state index is -1.15. The maximum absolute atomic E-state index is 12.3. The second-order valence-corrected chi connectivity index (χ2v) is 5.35. The molecule has 1 aromatic rings. The molecule has 0 bridgehead atoms. The predicted molar refractivity (Wildman–Crippen MR) is 79.8 cm³/mol. The molecule has 5 nitrogen and oxygen atoms in total. The highest BCUT2D eigenvalue weighted by atomic mass is 16.4. The fourth-order valence-corrected chi connectivity index (χ4v) is 2.01. The van der Waals surface area contributed by atoms with Crippen LogP contribution in [-0.4, -0.2) is 41.3 Å². The summed E-state index contributed by atoms with van der Waals surface area (Å²) in [6.45, 7) is 6.00. The van der Waals surface area contributed by atoms with Crippen LogP contribution in [0.25, 0.3) is 0 Å². The van der Waals surface area contributed by atoms with E-state index in [1.54, 1.807) is 20.9 Å². The van der Waals surface area contributed by atoms with Crippen molar-refractivity contribution in [1.29, 1.82) is 0 Å². The molecule has 0 aliphatic carbocycles. The zero-order chi connectivity index (χ0) is 16.2. The van der Waals surface area contributed by atoms with E-state index in [4.69, 9.17) is 5.11 Å². The Labute approximate surface area is 124 Å². The summed E-state index contributed by atoms with van der Waals surface area (Å²) in [5.74, 6) is -1.87. The van der Waals surface area contributed by atoms with Gasteiger partial charge in [0.25, 0.3) is 5.91 Å². The van der Waals surface area contributed by atoms with Gasteiger partial charge in [-0.1, -0.05) is 20.8 Å². The lowest BCUT2D eigenvalue weighted by Gasteiger charge is -2.17. The molecular formula is C16H21NO4. The first kappa shape index (κ1) is 16.9.